The first-order chi connectivity index (χ1) is 13.8. The van der Waals surface area contributed by atoms with Gasteiger partial charge in [0.2, 0.25) is 0 Å². The Morgan fingerprint density at radius 1 is 1.37 bits per heavy atom. The van der Waals surface area contributed by atoms with Gasteiger partial charge in [-0.05, 0) is 13.3 Å². The first-order valence-electron chi connectivity index (χ1n) is 8.98. The van der Waals surface area contributed by atoms with E-state index in [1.165, 1.54) is 6.92 Å². The maximum absolute atomic E-state index is 13.5. The van der Waals surface area contributed by atoms with Gasteiger partial charge in [-0.25, -0.2) is 17.6 Å². The number of esters is 3. The molecule has 13 heteroatoms. The van der Waals surface area contributed by atoms with E-state index in [0.717, 1.165) is 0 Å². The summed E-state index contributed by atoms with van der Waals surface area (Å²) in [7, 11) is -6.23. The van der Waals surface area contributed by atoms with Crippen molar-refractivity contribution in [3.63, 3.8) is 0 Å². The normalized spacial score (nSPS) is 33.2. The average Bonchev–Trinajstić information content (AvgIpc) is 3.23. The summed E-state index contributed by atoms with van der Waals surface area (Å²) >= 11 is 0. The molecule has 2 saturated carbocycles. The molecule has 0 radical (unpaired) electrons. The van der Waals surface area contributed by atoms with Crippen LogP contribution in [0.3, 0.4) is 0 Å². The molecule has 7 atom stereocenters. The Bertz CT molecular complexity index is 887. The standard InChI is InChI=1S/C17H19F3O9S/c1-6(2)14(21)28-12-7-5-8-11(16(23)29-13(8)12)10(7)15(22)27-4-3-9(18)17(19,20)30(24,25)26/h7-13H,1,3-5H2,2H3,(H,24,25,26)/p-1. The minimum absolute atomic E-state index is 0.0982. The smallest absolute Gasteiger partial charge is 0.364 e. The van der Waals surface area contributed by atoms with Crippen molar-refractivity contribution in [2.24, 2.45) is 23.7 Å². The van der Waals surface area contributed by atoms with Gasteiger partial charge in [0.1, 0.15) is 12.2 Å². The molecule has 2 bridgehead atoms. The molecule has 3 aliphatic rings. The molecule has 1 saturated heterocycles. The summed E-state index contributed by atoms with van der Waals surface area (Å²) in [6.07, 6.45) is -5.92. The molecule has 1 aliphatic heterocycles. The Morgan fingerprint density at radius 2 is 2.00 bits per heavy atom. The molecule has 0 amide bonds. The predicted molar refractivity (Wildman–Crippen MR) is 88.3 cm³/mol. The fourth-order valence-corrected chi connectivity index (χ4v) is 4.81. The molecule has 168 valence electrons. The monoisotopic (exact) mass is 455 g/mol. The molecule has 0 aromatic rings. The third kappa shape index (κ3) is 3.57. The molecule has 0 N–H and O–H groups in total. The molecule has 7 unspecified atom stereocenters. The zero-order chi connectivity index (χ0) is 22.6. The highest BCUT2D eigenvalue weighted by Crippen LogP contribution is 2.59. The van der Waals surface area contributed by atoms with Crippen molar-refractivity contribution < 1.29 is 54.7 Å². The molecule has 0 aromatic carbocycles. The Labute approximate surface area is 169 Å². The van der Waals surface area contributed by atoms with Crippen molar-refractivity contribution in [3.8, 4) is 0 Å². The van der Waals surface area contributed by atoms with Gasteiger partial charge >= 0.3 is 23.2 Å². The zero-order valence-electron chi connectivity index (χ0n) is 15.6. The number of alkyl halides is 3. The second-order valence-electron chi connectivity index (χ2n) is 7.61. The molecular weight excluding hydrogens is 437 g/mol. The molecule has 3 fully saturated rings. The number of halogens is 3. The second-order valence-corrected chi connectivity index (χ2v) is 9.06. The second kappa shape index (κ2) is 7.52. The maximum atomic E-state index is 13.5. The minimum atomic E-state index is -6.23. The lowest BCUT2D eigenvalue weighted by Crippen LogP contribution is -2.44. The van der Waals surface area contributed by atoms with Gasteiger partial charge in [-0.3, -0.25) is 9.59 Å². The van der Waals surface area contributed by atoms with Gasteiger partial charge in [0.25, 0.3) is 0 Å². The largest absolute Gasteiger partial charge is 0.743 e. The zero-order valence-corrected chi connectivity index (χ0v) is 16.4. The van der Waals surface area contributed by atoms with Crippen LogP contribution >= 0.6 is 0 Å². The molecule has 30 heavy (non-hydrogen) atoms. The van der Waals surface area contributed by atoms with E-state index in [1.807, 2.05) is 0 Å². The van der Waals surface area contributed by atoms with E-state index >= 15 is 0 Å². The van der Waals surface area contributed by atoms with Crippen molar-refractivity contribution in [2.45, 2.75) is 43.4 Å². The lowest BCUT2D eigenvalue weighted by molar-refractivity contribution is -0.163. The Balaban J connectivity index is 1.65. The third-order valence-electron chi connectivity index (χ3n) is 5.72. The van der Waals surface area contributed by atoms with Gasteiger partial charge in [-0.2, -0.15) is 8.78 Å². The number of fused-ring (bicyclic) bond motifs is 1. The fourth-order valence-electron chi connectivity index (χ4n) is 4.38. The number of carbonyl (C=O) groups is 3. The van der Waals surface area contributed by atoms with Gasteiger partial charge in [0, 0.05) is 23.8 Å². The van der Waals surface area contributed by atoms with Gasteiger partial charge in [0.05, 0.1) is 18.4 Å². The molecular formula is C17H18F3O9S-. The summed E-state index contributed by atoms with van der Waals surface area (Å²) in [5.41, 5.74) is 0.0982. The van der Waals surface area contributed by atoms with E-state index in [1.54, 1.807) is 0 Å². The average molecular weight is 455 g/mol. The molecule has 3 rings (SSSR count). The van der Waals surface area contributed by atoms with Gasteiger partial charge < -0.3 is 18.8 Å². The van der Waals surface area contributed by atoms with Crippen LogP contribution in [0.25, 0.3) is 0 Å². The first-order valence-corrected chi connectivity index (χ1v) is 10.4. The highest BCUT2D eigenvalue weighted by molar-refractivity contribution is 7.86. The third-order valence-corrected chi connectivity index (χ3v) is 6.65. The van der Waals surface area contributed by atoms with Gasteiger partial charge in [-0.15, -0.1) is 0 Å². The van der Waals surface area contributed by atoms with Crippen LogP contribution in [0.5, 0.6) is 0 Å². The number of rotatable bonds is 8. The van der Waals surface area contributed by atoms with Crippen LogP contribution in [0.1, 0.15) is 19.8 Å². The number of carbonyl (C=O) groups excluding carboxylic acids is 3. The molecule has 2 aliphatic carbocycles. The summed E-state index contributed by atoms with van der Waals surface area (Å²) in [5, 5.41) is -5.17. The topological polar surface area (TPSA) is 136 Å². The van der Waals surface area contributed by atoms with Crippen LogP contribution in [0, 0.1) is 23.7 Å². The lowest BCUT2D eigenvalue weighted by Gasteiger charge is -2.30. The predicted octanol–water partition coefficient (Wildman–Crippen LogP) is 0.691. The van der Waals surface area contributed by atoms with E-state index < -0.39 is 88.4 Å². The van der Waals surface area contributed by atoms with Crippen molar-refractivity contribution in [3.05, 3.63) is 12.2 Å². The van der Waals surface area contributed by atoms with Crippen molar-refractivity contribution in [1.82, 2.24) is 0 Å². The van der Waals surface area contributed by atoms with E-state index in [0.29, 0.717) is 6.42 Å². The maximum Gasteiger partial charge on any atom is 0.364 e. The van der Waals surface area contributed by atoms with Gasteiger partial charge in [0.15, 0.2) is 16.3 Å². The van der Waals surface area contributed by atoms with Crippen LogP contribution in [0.2, 0.25) is 0 Å². The van der Waals surface area contributed by atoms with E-state index in [-0.39, 0.29) is 5.57 Å². The summed E-state index contributed by atoms with van der Waals surface area (Å²) in [6.45, 7) is 3.92. The van der Waals surface area contributed by atoms with Crippen LogP contribution < -0.4 is 0 Å². The minimum Gasteiger partial charge on any atom is -0.743 e. The number of hydrogen-bond donors (Lipinski definition) is 0. The summed E-state index contributed by atoms with van der Waals surface area (Å²) < 4.78 is 86.4. The molecule has 0 spiro atoms. The Kier molecular flexibility index (Phi) is 5.65. The fraction of sp³-hybridized carbons (Fsp3) is 0.706. The molecule has 9 nitrogen and oxygen atoms in total. The molecule has 1 heterocycles. The van der Waals surface area contributed by atoms with Crippen molar-refractivity contribution >= 4 is 28.0 Å². The quantitative estimate of drug-likeness (QED) is 0.224. The summed E-state index contributed by atoms with van der Waals surface area (Å²) in [4.78, 5) is 36.5. The van der Waals surface area contributed by atoms with Gasteiger partial charge in [-0.1, -0.05) is 6.58 Å². The van der Waals surface area contributed by atoms with Crippen LogP contribution in [0.4, 0.5) is 13.2 Å². The Hall–Kier alpha value is -2.15. The van der Waals surface area contributed by atoms with Crippen LogP contribution in [-0.4, -0.2) is 61.1 Å². The first kappa shape index (κ1) is 22.5. The highest BCUT2D eigenvalue weighted by atomic mass is 32.2. The van der Waals surface area contributed by atoms with Crippen LogP contribution in [-0.2, 0) is 38.7 Å². The summed E-state index contributed by atoms with van der Waals surface area (Å²) in [6, 6.07) is 0. The van der Waals surface area contributed by atoms with Crippen molar-refractivity contribution in [1.29, 1.82) is 0 Å². The molecule has 0 aromatic heterocycles. The SMILES string of the molecule is C=C(C)C(=O)OC1C2CC3C1OC(=O)C3C2C(=O)OCCC(F)C(F)(F)S(=O)(=O)[O-]. The van der Waals surface area contributed by atoms with E-state index in [9.17, 15) is 40.5 Å². The Morgan fingerprint density at radius 3 is 2.57 bits per heavy atom. The number of hydrogen-bond acceptors (Lipinski definition) is 9. The van der Waals surface area contributed by atoms with E-state index in [4.69, 9.17) is 14.2 Å². The summed E-state index contributed by atoms with van der Waals surface area (Å²) in [5.74, 6) is -5.41. The van der Waals surface area contributed by atoms with Crippen LogP contribution in [0.15, 0.2) is 12.2 Å². The lowest BCUT2D eigenvalue weighted by atomic mass is 9.78. The number of ether oxygens (including phenoxy) is 3. The highest BCUT2D eigenvalue weighted by Gasteiger charge is 2.70. The van der Waals surface area contributed by atoms with E-state index in [2.05, 4.69) is 6.58 Å². The van der Waals surface area contributed by atoms with Crippen molar-refractivity contribution in [2.75, 3.05) is 6.61 Å².